The molecule has 2 atom stereocenters. The number of rotatable bonds is 4. The van der Waals surface area contributed by atoms with Crippen LogP contribution in [0.4, 0.5) is 0 Å². The summed E-state index contributed by atoms with van der Waals surface area (Å²) in [6.07, 6.45) is 4.34. The average molecular weight is 381 g/mol. The Morgan fingerprint density at radius 2 is 2.28 bits per heavy atom. The summed E-state index contributed by atoms with van der Waals surface area (Å²) in [5, 5.41) is 1.70. The van der Waals surface area contributed by atoms with Gasteiger partial charge in [0.1, 0.15) is 11.6 Å². The molecule has 7 heteroatoms. The summed E-state index contributed by atoms with van der Waals surface area (Å²) in [4.78, 5) is 20.3. The minimum Gasteiger partial charge on any atom is -0.355 e. The van der Waals surface area contributed by atoms with Gasteiger partial charge in [0.25, 0.3) is 5.56 Å². The molecule has 2 aliphatic rings. The van der Waals surface area contributed by atoms with E-state index in [1.807, 2.05) is 11.5 Å². The van der Waals surface area contributed by atoms with Gasteiger partial charge in [0.15, 0.2) is 5.16 Å². The van der Waals surface area contributed by atoms with Crippen molar-refractivity contribution in [3.05, 3.63) is 20.8 Å². The number of fused-ring (bicyclic) bond motifs is 3. The molecule has 2 aromatic heterocycles. The maximum Gasteiger partial charge on any atom is 0.263 e. The summed E-state index contributed by atoms with van der Waals surface area (Å²) in [5.74, 6) is 1.51. The summed E-state index contributed by atoms with van der Waals surface area (Å²) >= 11 is 3.36. The largest absolute Gasteiger partial charge is 0.355 e. The first-order valence-electron chi connectivity index (χ1n) is 9.04. The van der Waals surface area contributed by atoms with E-state index in [0.29, 0.717) is 19.3 Å². The first-order chi connectivity index (χ1) is 12.2. The minimum absolute atomic E-state index is 0.134. The Hall–Kier alpha value is -0.890. The van der Waals surface area contributed by atoms with Crippen molar-refractivity contribution in [3.8, 4) is 0 Å². The summed E-state index contributed by atoms with van der Waals surface area (Å²) in [6, 6.07) is 0. The maximum atomic E-state index is 13.1. The summed E-state index contributed by atoms with van der Waals surface area (Å²) < 4.78 is 12.7. The third kappa shape index (κ3) is 3.39. The molecule has 1 saturated heterocycles. The fourth-order valence-corrected chi connectivity index (χ4v) is 6.15. The van der Waals surface area contributed by atoms with E-state index in [0.717, 1.165) is 47.0 Å². The van der Waals surface area contributed by atoms with Gasteiger partial charge in [-0.1, -0.05) is 18.7 Å². The topological polar surface area (TPSA) is 53.4 Å². The molecule has 0 unspecified atom stereocenters. The van der Waals surface area contributed by atoms with E-state index in [-0.39, 0.29) is 11.7 Å². The zero-order valence-electron chi connectivity index (χ0n) is 14.7. The van der Waals surface area contributed by atoms with Gasteiger partial charge in [-0.3, -0.25) is 9.36 Å². The van der Waals surface area contributed by atoms with Crippen LogP contribution < -0.4 is 5.56 Å². The number of thiophene rings is 1. The standard InChI is InChI=1S/C18H24N2O3S2/c1-3-20-17(21)15-13-5-4-11(2)8-14(13)25-16(15)19-18(20)24-9-12-6-7-22-10-23-12/h11-12H,3-10H2,1-2H3/t11-,12-/m0/s1. The van der Waals surface area contributed by atoms with E-state index in [2.05, 4.69) is 6.92 Å². The van der Waals surface area contributed by atoms with Crippen LogP contribution in [0.3, 0.4) is 0 Å². The van der Waals surface area contributed by atoms with E-state index >= 15 is 0 Å². The van der Waals surface area contributed by atoms with E-state index in [1.54, 1.807) is 23.1 Å². The first-order valence-corrected chi connectivity index (χ1v) is 10.8. The number of nitrogens with zero attached hydrogens (tertiary/aromatic N) is 2. The van der Waals surface area contributed by atoms with Crippen molar-refractivity contribution in [2.75, 3.05) is 19.2 Å². The summed E-state index contributed by atoms with van der Waals surface area (Å²) in [6.45, 7) is 6.08. The first kappa shape index (κ1) is 17.5. The molecule has 1 aliphatic carbocycles. The Kier molecular flexibility index (Phi) is 5.18. The molecule has 0 saturated carbocycles. The Balaban J connectivity index is 1.68. The van der Waals surface area contributed by atoms with Crippen LogP contribution in [-0.4, -0.2) is 34.8 Å². The molecule has 25 heavy (non-hydrogen) atoms. The second kappa shape index (κ2) is 7.39. The van der Waals surface area contributed by atoms with Crippen molar-refractivity contribution in [3.63, 3.8) is 0 Å². The lowest BCUT2D eigenvalue weighted by molar-refractivity contribution is -0.130. The molecule has 3 heterocycles. The number of ether oxygens (including phenoxy) is 2. The van der Waals surface area contributed by atoms with Crippen molar-refractivity contribution in [2.24, 2.45) is 5.92 Å². The Labute approximate surface area is 155 Å². The molecule has 4 rings (SSSR count). The fourth-order valence-electron chi connectivity index (χ4n) is 3.59. The lowest BCUT2D eigenvalue weighted by Crippen LogP contribution is -2.27. The van der Waals surface area contributed by atoms with Crippen LogP contribution in [0.25, 0.3) is 10.2 Å². The zero-order valence-corrected chi connectivity index (χ0v) is 16.4. The Morgan fingerprint density at radius 1 is 1.40 bits per heavy atom. The smallest absolute Gasteiger partial charge is 0.263 e. The van der Waals surface area contributed by atoms with Crippen LogP contribution in [-0.2, 0) is 28.9 Å². The van der Waals surface area contributed by atoms with Gasteiger partial charge in [0.2, 0.25) is 0 Å². The molecule has 136 valence electrons. The molecule has 2 aromatic rings. The van der Waals surface area contributed by atoms with Crippen molar-refractivity contribution in [1.29, 1.82) is 0 Å². The minimum atomic E-state index is 0.134. The maximum absolute atomic E-state index is 13.1. The molecule has 0 amide bonds. The van der Waals surface area contributed by atoms with Crippen molar-refractivity contribution >= 4 is 33.3 Å². The molecule has 0 spiro atoms. The van der Waals surface area contributed by atoms with Gasteiger partial charge in [0, 0.05) is 17.2 Å². The lowest BCUT2D eigenvalue weighted by Gasteiger charge is -2.22. The van der Waals surface area contributed by atoms with Crippen LogP contribution in [0.2, 0.25) is 0 Å². The van der Waals surface area contributed by atoms with Gasteiger partial charge >= 0.3 is 0 Å². The van der Waals surface area contributed by atoms with Gasteiger partial charge < -0.3 is 9.47 Å². The molecular formula is C18H24N2O3S2. The predicted octanol–water partition coefficient (Wildman–Crippen LogP) is 3.46. The molecule has 1 fully saturated rings. The van der Waals surface area contributed by atoms with Crippen molar-refractivity contribution < 1.29 is 9.47 Å². The molecule has 5 nitrogen and oxygen atoms in total. The molecule has 0 bridgehead atoms. The average Bonchev–Trinajstić information content (AvgIpc) is 2.98. The van der Waals surface area contributed by atoms with E-state index in [4.69, 9.17) is 14.5 Å². The van der Waals surface area contributed by atoms with Gasteiger partial charge in [-0.05, 0) is 44.1 Å². The highest BCUT2D eigenvalue weighted by molar-refractivity contribution is 7.99. The number of thioether (sulfide) groups is 1. The normalized spacial score (nSPS) is 23.8. The van der Waals surface area contributed by atoms with E-state index < -0.39 is 0 Å². The van der Waals surface area contributed by atoms with E-state index in [9.17, 15) is 4.79 Å². The van der Waals surface area contributed by atoms with Crippen LogP contribution in [0.1, 0.15) is 37.1 Å². The van der Waals surface area contributed by atoms with Crippen molar-refractivity contribution in [1.82, 2.24) is 9.55 Å². The van der Waals surface area contributed by atoms with Gasteiger partial charge in [0.05, 0.1) is 18.1 Å². The molecule has 0 aromatic carbocycles. The van der Waals surface area contributed by atoms with Crippen LogP contribution in [0, 0.1) is 5.92 Å². The van der Waals surface area contributed by atoms with Gasteiger partial charge in [-0.25, -0.2) is 4.98 Å². The number of aryl methyl sites for hydroxylation is 1. The zero-order chi connectivity index (χ0) is 17.4. The molecule has 0 radical (unpaired) electrons. The number of hydrogen-bond donors (Lipinski definition) is 0. The van der Waals surface area contributed by atoms with Crippen LogP contribution >= 0.6 is 23.1 Å². The summed E-state index contributed by atoms with van der Waals surface area (Å²) in [7, 11) is 0. The van der Waals surface area contributed by atoms with Gasteiger partial charge in [-0.15, -0.1) is 11.3 Å². The SMILES string of the molecule is CCn1c(SC[C@@H]2CCOCO2)nc2sc3c(c2c1=O)CC[C@H](C)C3. The quantitative estimate of drug-likeness (QED) is 0.601. The molecular weight excluding hydrogens is 356 g/mol. The Morgan fingerprint density at radius 3 is 3.04 bits per heavy atom. The van der Waals surface area contributed by atoms with Crippen LogP contribution in [0.15, 0.2) is 9.95 Å². The monoisotopic (exact) mass is 380 g/mol. The summed E-state index contributed by atoms with van der Waals surface area (Å²) in [5.41, 5.74) is 1.40. The fraction of sp³-hybridized carbons (Fsp3) is 0.667. The third-order valence-corrected chi connectivity index (χ3v) is 7.32. The highest BCUT2D eigenvalue weighted by atomic mass is 32.2. The van der Waals surface area contributed by atoms with Gasteiger partial charge in [-0.2, -0.15) is 0 Å². The second-order valence-corrected chi connectivity index (χ2v) is 8.96. The second-order valence-electron chi connectivity index (χ2n) is 6.89. The van der Waals surface area contributed by atoms with Crippen molar-refractivity contribution in [2.45, 2.75) is 57.3 Å². The Bertz CT molecular complexity index is 824. The lowest BCUT2D eigenvalue weighted by atomic mass is 9.89. The van der Waals surface area contributed by atoms with Crippen LogP contribution in [0.5, 0.6) is 0 Å². The number of hydrogen-bond acceptors (Lipinski definition) is 6. The third-order valence-electron chi connectivity index (χ3n) is 5.07. The molecule has 1 aliphatic heterocycles. The predicted molar refractivity (Wildman–Crippen MR) is 102 cm³/mol. The molecule has 0 N–H and O–H groups in total. The highest BCUT2D eigenvalue weighted by Gasteiger charge is 2.25. The van der Waals surface area contributed by atoms with E-state index in [1.165, 1.54) is 16.9 Å². The number of aromatic nitrogens is 2. The highest BCUT2D eigenvalue weighted by Crippen LogP contribution is 2.36.